The number of aryl methyl sites for hydroxylation is 1. The highest BCUT2D eigenvalue weighted by molar-refractivity contribution is 7.99. The van der Waals surface area contributed by atoms with Gasteiger partial charge in [0.05, 0.1) is 12.4 Å². The molecule has 1 aliphatic carbocycles. The minimum absolute atomic E-state index is 0.143. The first kappa shape index (κ1) is 23.3. The fourth-order valence-corrected chi connectivity index (χ4v) is 6.23. The maximum absolute atomic E-state index is 13.1. The first-order valence-electron chi connectivity index (χ1n) is 11.4. The lowest BCUT2D eigenvalue weighted by molar-refractivity contribution is 0.102. The minimum Gasteiger partial charge on any atom is -0.383 e. The summed E-state index contributed by atoms with van der Waals surface area (Å²) >= 11 is 3.28. The van der Waals surface area contributed by atoms with Crippen LogP contribution >= 0.6 is 23.1 Å². The Bertz CT molecular complexity index is 1030. The number of rotatable bonds is 10. The maximum atomic E-state index is 13.1. The highest BCUT2D eigenvalue weighted by Gasteiger charge is 2.24. The van der Waals surface area contributed by atoms with Crippen molar-refractivity contribution in [3.8, 4) is 0 Å². The first-order chi connectivity index (χ1) is 15.6. The summed E-state index contributed by atoms with van der Waals surface area (Å²) in [5, 5.41) is 12.1. The van der Waals surface area contributed by atoms with Crippen LogP contribution in [-0.2, 0) is 17.7 Å². The lowest BCUT2D eigenvalue weighted by Crippen LogP contribution is -2.17. The minimum atomic E-state index is 0.143. The molecule has 1 aliphatic rings. The molecular weight excluding hydrogens is 440 g/mol. The van der Waals surface area contributed by atoms with Crippen LogP contribution in [0.4, 0.5) is 0 Å². The van der Waals surface area contributed by atoms with Crippen molar-refractivity contribution in [2.75, 3.05) is 19.5 Å². The van der Waals surface area contributed by atoms with Gasteiger partial charge in [0.1, 0.15) is 5.82 Å². The second-order valence-corrected chi connectivity index (χ2v) is 10.4. The first-order valence-corrected chi connectivity index (χ1v) is 13.2. The molecule has 3 aromatic heterocycles. The van der Waals surface area contributed by atoms with Crippen LogP contribution in [0.3, 0.4) is 0 Å². The van der Waals surface area contributed by atoms with Crippen LogP contribution in [0, 0.1) is 13.8 Å². The summed E-state index contributed by atoms with van der Waals surface area (Å²) in [6, 6.07) is 6.67. The van der Waals surface area contributed by atoms with Crippen LogP contribution in [0.5, 0.6) is 0 Å². The third-order valence-corrected chi connectivity index (χ3v) is 8.13. The number of nitrogens with zero attached hydrogens (tertiary/aromatic N) is 4. The molecule has 0 spiro atoms. The molecule has 3 heterocycles. The number of methoxy groups -OCH3 is 1. The van der Waals surface area contributed by atoms with E-state index in [1.807, 2.05) is 19.9 Å². The average molecular weight is 473 g/mol. The molecule has 0 radical (unpaired) electrons. The Kier molecular flexibility index (Phi) is 7.86. The fraction of sp³-hybridized carbons (Fsp3) is 0.542. The van der Waals surface area contributed by atoms with E-state index in [0.29, 0.717) is 18.4 Å². The number of thioether (sulfide) groups is 1. The second-order valence-electron chi connectivity index (χ2n) is 8.46. The Hall–Kier alpha value is -1.90. The summed E-state index contributed by atoms with van der Waals surface area (Å²) in [6.07, 6.45) is 6.93. The number of carbonyl (C=O) groups is 1. The molecule has 6 nitrogen and oxygen atoms in total. The molecule has 3 aromatic rings. The van der Waals surface area contributed by atoms with E-state index in [-0.39, 0.29) is 5.78 Å². The monoisotopic (exact) mass is 472 g/mol. The van der Waals surface area contributed by atoms with E-state index >= 15 is 0 Å². The van der Waals surface area contributed by atoms with Gasteiger partial charge in [-0.15, -0.1) is 21.5 Å². The van der Waals surface area contributed by atoms with Gasteiger partial charge >= 0.3 is 0 Å². The summed E-state index contributed by atoms with van der Waals surface area (Å²) in [5.41, 5.74) is 2.91. The van der Waals surface area contributed by atoms with Gasteiger partial charge in [-0.25, -0.2) is 0 Å². The second kappa shape index (κ2) is 10.8. The number of Topliss-reactive ketones (excluding diaryl/α,β-unsaturated/α-hetero) is 1. The summed E-state index contributed by atoms with van der Waals surface area (Å²) in [6.45, 7) is 5.46. The van der Waals surface area contributed by atoms with Crippen LogP contribution in [0.1, 0.15) is 70.6 Å². The van der Waals surface area contributed by atoms with E-state index in [9.17, 15) is 4.79 Å². The molecule has 0 amide bonds. The van der Waals surface area contributed by atoms with E-state index in [4.69, 9.17) is 4.74 Å². The van der Waals surface area contributed by atoms with Crippen molar-refractivity contribution in [2.24, 2.45) is 0 Å². The van der Waals surface area contributed by atoms with Gasteiger partial charge in [0.2, 0.25) is 0 Å². The van der Waals surface area contributed by atoms with Gasteiger partial charge in [0.15, 0.2) is 10.9 Å². The standard InChI is InChI=1S/C24H32N4O2S2/c1-17-14-21(18(2)27(17)11-12-30-3)22(29)16-32-24-26-25-23(15-20-10-7-13-31-20)28(24)19-8-5-4-6-9-19/h7,10,13-14,19H,4-6,8-9,11-12,15-16H2,1-3H3. The van der Waals surface area contributed by atoms with E-state index in [1.54, 1.807) is 18.4 Å². The van der Waals surface area contributed by atoms with Crippen molar-refractivity contribution in [1.29, 1.82) is 0 Å². The van der Waals surface area contributed by atoms with Crippen molar-refractivity contribution in [1.82, 2.24) is 19.3 Å². The number of ether oxygens (including phenoxy) is 1. The van der Waals surface area contributed by atoms with Crippen LogP contribution in [0.25, 0.3) is 0 Å². The third kappa shape index (κ3) is 5.18. The number of hydrogen-bond donors (Lipinski definition) is 0. The SMILES string of the molecule is COCCn1c(C)cc(C(=O)CSc2nnc(Cc3cccs3)n2C2CCCCC2)c1C. The zero-order valence-corrected chi connectivity index (χ0v) is 20.8. The number of ketones is 1. The maximum Gasteiger partial charge on any atom is 0.191 e. The fourth-order valence-electron chi connectivity index (χ4n) is 4.62. The van der Waals surface area contributed by atoms with Crippen molar-refractivity contribution >= 4 is 28.9 Å². The molecule has 0 unspecified atom stereocenters. The summed E-state index contributed by atoms with van der Waals surface area (Å²) < 4.78 is 9.70. The topological polar surface area (TPSA) is 61.9 Å². The van der Waals surface area contributed by atoms with Gasteiger partial charge in [0, 0.05) is 47.9 Å². The molecule has 0 aromatic carbocycles. The van der Waals surface area contributed by atoms with Crippen molar-refractivity contribution in [2.45, 2.75) is 70.1 Å². The quantitative estimate of drug-likeness (QED) is 0.289. The van der Waals surface area contributed by atoms with E-state index < -0.39 is 0 Å². The molecular formula is C24H32N4O2S2. The van der Waals surface area contributed by atoms with Crippen molar-refractivity contribution in [3.63, 3.8) is 0 Å². The molecule has 0 aliphatic heterocycles. The molecule has 0 saturated heterocycles. The van der Waals surface area contributed by atoms with Crippen molar-refractivity contribution in [3.05, 3.63) is 51.2 Å². The molecule has 1 saturated carbocycles. The molecule has 0 bridgehead atoms. The Morgan fingerprint density at radius 2 is 2.06 bits per heavy atom. The van der Waals surface area contributed by atoms with Crippen LogP contribution in [0.15, 0.2) is 28.7 Å². The average Bonchev–Trinajstić information content (AvgIpc) is 3.52. The smallest absolute Gasteiger partial charge is 0.191 e. The molecule has 172 valence electrons. The van der Waals surface area contributed by atoms with Gasteiger partial charge < -0.3 is 13.9 Å². The third-order valence-electron chi connectivity index (χ3n) is 6.31. The summed E-state index contributed by atoms with van der Waals surface area (Å²) in [5.74, 6) is 1.54. The van der Waals surface area contributed by atoms with Gasteiger partial charge in [-0.05, 0) is 44.2 Å². The number of aromatic nitrogens is 4. The zero-order chi connectivity index (χ0) is 22.5. The van der Waals surface area contributed by atoms with E-state index in [0.717, 1.165) is 53.7 Å². The number of carbonyl (C=O) groups excluding carboxylic acids is 1. The summed E-state index contributed by atoms with van der Waals surface area (Å²) in [7, 11) is 1.70. The van der Waals surface area contributed by atoms with Gasteiger partial charge in [-0.2, -0.15) is 0 Å². The molecule has 4 rings (SSSR count). The number of hydrogen-bond acceptors (Lipinski definition) is 6. The Morgan fingerprint density at radius 1 is 1.25 bits per heavy atom. The van der Waals surface area contributed by atoms with Crippen LogP contribution in [0.2, 0.25) is 0 Å². The molecule has 32 heavy (non-hydrogen) atoms. The largest absolute Gasteiger partial charge is 0.383 e. The van der Waals surface area contributed by atoms with E-state index in [1.165, 1.54) is 35.9 Å². The van der Waals surface area contributed by atoms with Crippen LogP contribution in [-0.4, -0.2) is 44.6 Å². The molecule has 0 N–H and O–H groups in total. The van der Waals surface area contributed by atoms with Gasteiger partial charge in [0.25, 0.3) is 0 Å². The normalized spacial score (nSPS) is 14.8. The van der Waals surface area contributed by atoms with Crippen LogP contribution < -0.4 is 0 Å². The predicted octanol–water partition coefficient (Wildman–Crippen LogP) is 5.48. The van der Waals surface area contributed by atoms with Crippen molar-refractivity contribution < 1.29 is 9.53 Å². The lowest BCUT2D eigenvalue weighted by Gasteiger charge is -2.25. The molecule has 8 heteroatoms. The van der Waals surface area contributed by atoms with Gasteiger partial charge in [-0.3, -0.25) is 4.79 Å². The Balaban J connectivity index is 1.51. The Morgan fingerprint density at radius 3 is 2.78 bits per heavy atom. The number of thiophene rings is 1. The van der Waals surface area contributed by atoms with Gasteiger partial charge in [-0.1, -0.05) is 37.1 Å². The van der Waals surface area contributed by atoms with E-state index in [2.05, 4.69) is 36.8 Å². The molecule has 1 fully saturated rings. The highest BCUT2D eigenvalue weighted by Crippen LogP contribution is 2.34. The Labute approximate surface area is 198 Å². The highest BCUT2D eigenvalue weighted by atomic mass is 32.2. The zero-order valence-electron chi connectivity index (χ0n) is 19.2. The molecule has 0 atom stereocenters. The predicted molar refractivity (Wildman–Crippen MR) is 130 cm³/mol. The lowest BCUT2D eigenvalue weighted by atomic mass is 9.95. The summed E-state index contributed by atoms with van der Waals surface area (Å²) in [4.78, 5) is 14.4.